The van der Waals surface area contributed by atoms with E-state index < -0.39 is 15.8 Å². The number of nitrogens with zero attached hydrogens (tertiary/aromatic N) is 1. The number of rotatable bonds is 11. The van der Waals surface area contributed by atoms with E-state index in [1.807, 2.05) is 30.3 Å². The number of hydrogen-bond acceptors (Lipinski definition) is 7. The molecule has 192 valence electrons. The minimum absolute atomic E-state index is 0.0760. The lowest BCUT2D eigenvalue weighted by Crippen LogP contribution is -2.39. The van der Waals surface area contributed by atoms with E-state index in [0.717, 1.165) is 29.1 Å². The first-order valence-corrected chi connectivity index (χ1v) is 14.5. The summed E-state index contributed by atoms with van der Waals surface area (Å²) in [5, 5.41) is 14.1. The molecule has 0 aromatic heterocycles. The summed E-state index contributed by atoms with van der Waals surface area (Å²) in [6.45, 7) is 0.338. The zero-order chi connectivity index (χ0) is 26.0. The molecule has 0 heterocycles. The molecule has 1 aliphatic carbocycles. The smallest absolute Gasteiger partial charge is 0.230 e. The van der Waals surface area contributed by atoms with Gasteiger partial charge in [0.05, 0.1) is 29.6 Å². The molecule has 0 saturated heterocycles. The van der Waals surface area contributed by atoms with Crippen molar-refractivity contribution in [2.45, 2.75) is 42.0 Å². The molecule has 8 nitrogen and oxygen atoms in total. The van der Waals surface area contributed by atoms with Gasteiger partial charge >= 0.3 is 0 Å². The first-order valence-electron chi connectivity index (χ1n) is 11.8. The molecule has 0 bridgehead atoms. The summed E-state index contributed by atoms with van der Waals surface area (Å²) in [7, 11) is -1.98. The molecule has 1 aliphatic rings. The summed E-state index contributed by atoms with van der Waals surface area (Å²) in [6, 6.07) is 15.9. The first-order chi connectivity index (χ1) is 17.3. The molecule has 2 aromatic rings. The van der Waals surface area contributed by atoms with Crippen LogP contribution in [0.25, 0.3) is 0 Å². The van der Waals surface area contributed by atoms with Crippen LogP contribution in [0.15, 0.2) is 58.3 Å². The van der Waals surface area contributed by atoms with Crippen LogP contribution in [0.2, 0.25) is 0 Å². The average molecular weight is 530 g/mol. The van der Waals surface area contributed by atoms with Gasteiger partial charge in [-0.2, -0.15) is 5.26 Å². The molecule has 1 fully saturated rings. The van der Waals surface area contributed by atoms with Gasteiger partial charge in [0.2, 0.25) is 11.8 Å². The maximum atomic E-state index is 13.1. The van der Waals surface area contributed by atoms with Crippen molar-refractivity contribution >= 4 is 33.4 Å². The molecular formula is C26H31N3O5S2. The molecule has 2 atom stereocenters. The van der Waals surface area contributed by atoms with Gasteiger partial charge < -0.3 is 15.4 Å². The van der Waals surface area contributed by atoms with Gasteiger partial charge in [-0.3, -0.25) is 9.59 Å². The second kappa shape index (κ2) is 13.3. The summed E-state index contributed by atoms with van der Waals surface area (Å²) in [4.78, 5) is 25.6. The van der Waals surface area contributed by atoms with Gasteiger partial charge in [-0.15, -0.1) is 11.8 Å². The Labute approximate surface area is 216 Å². The molecule has 36 heavy (non-hydrogen) atoms. The van der Waals surface area contributed by atoms with Crippen molar-refractivity contribution in [1.29, 1.82) is 5.26 Å². The third kappa shape index (κ3) is 8.00. The van der Waals surface area contributed by atoms with Crippen molar-refractivity contribution in [3.63, 3.8) is 0 Å². The predicted octanol–water partition coefficient (Wildman–Crippen LogP) is 3.32. The maximum Gasteiger partial charge on any atom is 0.230 e. The normalized spacial score (nSPS) is 17.6. The van der Waals surface area contributed by atoms with E-state index in [-0.39, 0.29) is 40.7 Å². The number of hydrogen-bond donors (Lipinski definition) is 2. The number of carbonyl (C=O) groups is 2. The van der Waals surface area contributed by atoms with Gasteiger partial charge in [0, 0.05) is 17.4 Å². The minimum atomic E-state index is -3.58. The second-order valence-corrected chi connectivity index (χ2v) is 11.8. The van der Waals surface area contributed by atoms with Crippen molar-refractivity contribution in [3.05, 3.63) is 54.1 Å². The Morgan fingerprint density at radius 3 is 2.42 bits per heavy atom. The topological polar surface area (TPSA) is 125 Å². The van der Waals surface area contributed by atoms with Crippen molar-refractivity contribution in [3.8, 4) is 11.8 Å². The molecule has 2 amide bonds. The Morgan fingerprint density at radius 1 is 1.06 bits per heavy atom. The van der Waals surface area contributed by atoms with Crippen molar-refractivity contribution in [1.82, 2.24) is 10.6 Å². The van der Waals surface area contributed by atoms with Gasteiger partial charge in [-0.05, 0) is 60.7 Å². The van der Waals surface area contributed by atoms with Crippen LogP contribution >= 0.6 is 11.8 Å². The first kappa shape index (κ1) is 27.6. The molecule has 2 N–H and O–H groups in total. The van der Waals surface area contributed by atoms with Crippen LogP contribution in [0.5, 0.6) is 5.75 Å². The Balaban J connectivity index is 1.51. The number of methoxy groups -OCH3 is 1. The van der Waals surface area contributed by atoms with Crippen LogP contribution in [-0.2, 0) is 26.0 Å². The fraction of sp³-hybridized carbons (Fsp3) is 0.423. The number of nitriles is 1. The molecule has 10 heteroatoms. The fourth-order valence-corrected chi connectivity index (χ4v) is 6.71. The number of ether oxygens (including phenoxy) is 1. The van der Waals surface area contributed by atoms with E-state index in [1.165, 1.54) is 11.8 Å². The Kier molecular flexibility index (Phi) is 10.2. The molecule has 2 aromatic carbocycles. The van der Waals surface area contributed by atoms with E-state index in [1.54, 1.807) is 31.4 Å². The summed E-state index contributed by atoms with van der Waals surface area (Å²) in [5.74, 6) is -0.161. The maximum absolute atomic E-state index is 13.1. The van der Waals surface area contributed by atoms with Gasteiger partial charge in [-0.1, -0.05) is 25.0 Å². The van der Waals surface area contributed by atoms with E-state index >= 15 is 0 Å². The van der Waals surface area contributed by atoms with Crippen LogP contribution in [0.4, 0.5) is 0 Å². The monoisotopic (exact) mass is 529 g/mol. The highest BCUT2D eigenvalue weighted by atomic mass is 32.2. The van der Waals surface area contributed by atoms with Crippen molar-refractivity contribution in [2.75, 3.05) is 25.2 Å². The lowest BCUT2D eigenvalue weighted by molar-refractivity contribution is -0.127. The van der Waals surface area contributed by atoms with Gasteiger partial charge in [-0.25, -0.2) is 8.42 Å². The van der Waals surface area contributed by atoms with Crippen LogP contribution in [0, 0.1) is 23.2 Å². The number of benzene rings is 2. The Hall–Kier alpha value is -3.03. The largest absolute Gasteiger partial charge is 0.497 e. The summed E-state index contributed by atoms with van der Waals surface area (Å²) in [6.07, 6.45) is 3.07. The number of thioether (sulfide) groups is 1. The molecule has 0 unspecified atom stereocenters. The van der Waals surface area contributed by atoms with E-state index in [0.29, 0.717) is 19.4 Å². The van der Waals surface area contributed by atoms with Crippen LogP contribution < -0.4 is 15.4 Å². The van der Waals surface area contributed by atoms with Gasteiger partial charge in [0.25, 0.3) is 0 Å². The third-order valence-electron chi connectivity index (χ3n) is 6.22. The Morgan fingerprint density at radius 2 is 1.75 bits per heavy atom. The summed E-state index contributed by atoms with van der Waals surface area (Å²) >= 11 is 1.33. The van der Waals surface area contributed by atoms with E-state index in [4.69, 9.17) is 10.00 Å². The van der Waals surface area contributed by atoms with Crippen molar-refractivity contribution < 1.29 is 22.7 Å². The zero-order valence-electron chi connectivity index (χ0n) is 20.2. The average Bonchev–Trinajstić information content (AvgIpc) is 2.90. The summed E-state index contributed by atoms with van der Waals surface area (Å²) in [5.41, 5.74) is 0.964. The predicted molar refractivity (Wildman–Crippen MR) is 138 cm³/mol. The van der Waals surface area contributed by atoms with Gasteiger partial charge in [0.15, 0.2) is 9.84 Å². The zero-order valence-corrected chi connectivity index (χ0v) is 21.9. The Bertz CT molecular complexity index is 1180. The number of sulfone groups is 1. The fourth-order valence-electron chi connectivity index (χ4n) is 4.28. The standard InChI is InChI=1S/C26H31N3O5S2/c1-34-21-8-6-19(7-9-21)16-29-25(30)17-35-22-10-12-23(13-11-22)36(32,33)18-20-4-2-3-5-24(20)26(31)28-15-14-27/h6-13,20,24H,2-5,15-18H2,1H3,(H,28,31)(H,29,30)/t20-,24+/m0/s1. The quantitative estimate of drug-likeness (QED) is 0.338. The highest BCUT2D eigenvalue weighted by Crippen LogP contribution is 2.33. The molecule has 0 spiro atoms. The van der Waals surface area contributed by atoms with E-state index in [9.17, 15) is 18.0 Å². The molecule has 0 aliphatic heterocycles. The van der Waals surface area contributed by atoms with E-state index in [2.05, 4.69) is 10.6 Å². The van der Waals surface area contributed by atoms with Gasteiger partial charge in [0.1, 0.15) is 12.3 Å². The minimum Gasteiger partial charge on any atom is -0.497 e. The summed E-state index contributed by atoms with van der Waals surface area (Å²) < 4.78 is 31.2. The number of nitrogens with one attached hydrogen (secondary N) is 2. The SMILES string of the molecule is COc1ccc(CNC(=O)CSc2ccc(S(=O)(=O)C[C@@H]3CCCC[C@H]3C(=O)NCC#N)cc2)cc1. The highest BCUT2D eigenvalue weighted by Gasteiger charge is 2.34. The molecule has 1 saturated carbocycles. The van der Waals surface area contributed by atoms with Crippen molar-refractivity contribution in [2.24, 2.45) is 11.8 Å². The third-order valence-corrected chi connectivity index (χ3v) is 9.09. The number of amides is 2. The molecule has 0 radical (unpaired) electrons. The lowest BCUT2D eigenvalue weighted by Gasteiger charge is -2.30. The molecular weight excluding hydrogens is 498 g/mol. The molecule has 3 rings (SSSR count). The van der Waals surface area contributed by atoms with Crippen LogP contribution in [0.3, 0.4) is 0 Å². The number of carbonyl (C=O) groups excluding carboxylic acids is 2. The highest BCUT2D eigenvalue weighted by molar-refractivity contribution is 8.00. The second-order valence-electron chi connectivity index (χ2n) is 8.69. The van der Waals surface area contributed by atoms with Crippen LogP contribution in [-0.4, -0.2) is 45.4 Å². The lowest BCUT2D eigenvalue weighted by atomic mass is 9.80. The van der Waals surface area contributed by atoms with Crippen LogP contribution in [0.1, 0.15) is 31.2 Å².